The van der Waals surface area contributed by atoms with Crippen LogP contribution in [-0.4, -0.2) is 63.1 Å². The third-order valence-corrected chi connectivity index (χ3v) is 9.19. The Morgan fingerprint density at radius 3 is 2.64 bits per heavy atom. The molecule has 3 heterocycles. The first kappa shape index (κ1) is 24.9. The molecule has 1 amide bonds. The number of carbonyl (C=O) groups is 2. The van der Waals surface area contributed by atoms with E-state index in [9.17, 15) is 24.0 Å². The summed E-state index contributed by atoms with van der Waals surface area (Å²) in [6.07, 6.45) is 0.125. The van der Waals surface area contributed by atoms with Crippen LogP contribution in [0.5, 0.6) is 0 Å². The lowest BCUT2D eigenvalue weighted by molar-refractivity contribution is -0.252. The Labute approximate surface area is 211 Å². The molecule has 1 fully saturated rings. The van der Waals surface area contributed by atoms with Crippen molar-refractivity contribution in [1.29, 1.82) is 0 Å². The fraction of sp³-hybridized carbons (Fsp3) is 0.462. The topological polar surface area (TPSA) is 117 Å². The number of carbonyl (C=O) groups excluding carboxylic acids is 2. The molecular formula is C26H30N2O7S. The van der Waals surface area contributed by atoms with E-state index in [-0.39, 0.29) is 24.1 Å². The molecule has 0 saturated carbocycles. The van der Waals surface area contributed by atoms with Gasteiger partial charge >= 0.3 is 5.97 Å². The Bertz CT molecular complexity index is 1310. The first-order valence-corrected chi connectivity index (χ1v) is 13.3. The molecule has 5 rings (SSSR count). The van der Waals surface area contributed by atoms with Crippen LogP contribution < -0.4 is 4.31 Å². The van der Waals surface area contributed by atoms with Crippen molar-refractivity contribution in [3.63, 3.8) is 0 Å². The SMILES string of the molecule is CCC(C1=C(C(=O)OOC)N2C(=O)C(C(C)O)C2C1C)N1c2cccc3c(CCO)ccc(c23)S1=O. The van der Waals surface area contributed by atoms with Crippen LogP contribution in [0.2, 0.25) is 0 Å². The highest BCUT2D eigenvalue weighted by Gasteiger charge is 2.61. The standard InChI is InChI=1S/C26H30N2O7S/c1-5-17(20-13(2)23-21(14(3)30)25(31)27(23)24(20)26(32)35-34-4)28-18-8-6-7-16-15(11-12-29)9-10-19(22(16)18)36(28)33/h6-10,13-14,17,21,23,29-30H,5,11-12H2,1-4H3. The zero-order valence-corrected chi connectivity index (χ0v) is 21.4. The molecule has 192 valence electrons. The van der Waals surface area contributed by atoms with Gasteiger partial charge in [-0.15, -0.1) is 0 Å². The molecule has 0 spiro atoms. The quantitative estimate of drug-likeness (QED) is 0.315. The van der Waals surface area contributed by atoms with Crippen LogP contribution >= 0.6 is 0 Å². The van der Waals surface area contributed by atoms with Crippen molar-refractivity contribution in [3.05, 3.63) is 47.2 Å². The van der Waals surface area contributed by atoms with E-state index in [1.54, 1.807) is 6.92 Å². The molecule has 3 aliphatic heterocycles. The summed E-state index contributed by atoms with van der Waals surface area (Å²) >= 11 is 0. The maximum absolute atomic E-state index is 13.9. The van der Waals surface area contributed by atoms with Gasteiger partial charge in [0.25, 0.3) is 0 Å². The number of fused-ring (bicyclic) bond motifs is 1. The fourth-order valence-electron chi connectivity index (χ4n) is 6.22. The molecule has 6 atom stereocenters. The monoisotopic (exact) mass is 514 g/mol. The normalized spacial score (nSPS) is 26.3. The maximum atomic E-state index is 13.9. The molecule has 2 aromatic rings. The molecule has 0 bridgehead atoms. The smallest absolute Gasteiger partial charge is 0.389 e. The highest BCUT2D eigenvalue weighted by Crippen LogP contribution is 2.52. The number of rotatable bonds is 8. The van der Waals surface area contributed by atoms with E-state index in [2.05, 4.69) is 4.89 Å². The van der Waals surface area contributed by atoms with Crippen LogP contribution in [0.4, 0.5) is 5.69 Å². The number of nitrogens with zero attached hydrogens (tertiary/aromatic N) is 2. The van der Waals surface area contributed by atoms with Gasteiger partial charge in [-0.3, -0.25) is 14.0 Å². The number of β-lactam (4-membered cyclic amide) rings is 1. The van der Waals surface area contributed by atoms with E-state index in [0.29, 0.717) is 23.3 Å². The average Bonchev–Trinajstić information content (AvgIpc) is 3.27. The van der Waals surface area contributed by atoms with E-state index >= 15 is 0 Å². The Hall–Kier alpha value is -2.79. The first-order chi connectivity index (χ1) is 17.3. The molecule has 3 aliphatic rings. The summed E-state index contributed by atoms with van der Waals surface area (Å²) in [6.45, 7) is 5.46. The van der Waals surface area contributed by atoms with Gasteiger partial charge in [0.15, 0.2) is 11.0 Å². The zero-order chi connectivity index (χ0) is 25.9. The van der Waals surface area contributed by atoms with Crippen LogP contribution in [0.15, 0.2) is 46.5 Å². The minimum absolute atomic E-state index is 0.00807. The van der Waals surface area contributed by atoms with E-state index < -0.39 is 41.1 Å². The van der Waals surface area contributed by atoms with Crippen LogP contribution in [0.25, 0.3) is 10.8 Å². The van der Waals surface area contributed by atoms with Gasteiger partial charge in [0.1, 0.15) is 5.70 Å². The number of hydrogen-bond donors (Lipinski definition) is 2. The highest BCUT2D eigenvalue weighted by atomic mass is 32.2. The molecule has 0 aliphatic carbocycles. The van der Waals surface area contributed by atoms with Crippen LogP contribution in [0.3, 0.4) is 0 Å². The molecule has 36 heavy (non-hydrogen) atoms. The number of benzene rings is 2. The Kier molecular flexibility index (Phi) is 6.40. The summed E-state index contributed by atoms with van der Waals surface area (Å²) in [4.78, 5) is 37.7. The third-order valence-electron chi connectivity index (χ3n) is 7.66. The predicted octanol–water partition coefficient (Wildman–Crippen LogP) is 2.21. The number of aliphatic hydroxyl groups is 2. The largest absolute Gasteiger partial charge is 0.396 e. The van der Waals surface area contributed by atoms with Gasteiger partial charge < -0.3 is 15.1 Å². The summed E-state index contributed by atoms with van der Waals surface area (Å²) in [5.74, 6) is -2.04. The number of hydrogen-bond acceptors (Lipinski definition) is 7. The molecule has 6 unspecified atom stereocenters. The van der Waals surface area contributed by atoms with Gasteiger partial charge in [-0.1, -0.05) is 32.0 Å². The van der Waals surface area contributed by atoms with Crippen LogP contribution in [0.1, 0.15) is 32.8 Å². The Balaban J connectivity index is 1.66. The van der Waals surface area contributed by atoms with E-state index in [1.807, 2.05) is 48.5 Å². The second kappa shape index (κ2) is 9.26. The van der Waals surface area contributed by atoms with Gasteiger partial charge in [-0.2, -0.15) is 4.89 Å². The van der Waals surface area contributed by atoms with Gasteiger partial charge in [0.05, 0.1) is 41.8 Å². The summed E-state index contributed by atoms with van der Waals surface area (Å²) in [5, 5.41) is 21.6. The van der Waals surface area contributed by atoms with Crippen molar-refractivity contribution in [2.75, 3.05) is 18.0 Å². The lowest BCUT2D eigenvalue weighted by atomic mass is 9.76. The Morgan fingerprint density at radius 1 is 1.25 bits per heavy atom. The first-order valence-electron chi connectivity index (χ1n) is 12.1. The van der Waals surface area contributed by atoms with Crippen molar-refractivity contribution in [2.45, 2.75) is 56.7 Å². The van der Waals surface area contributed by atoms with Crippen LogP contribution in [-0.2, 0) is 36.8 Å². The highest BCUT2D eigenvalue weighted by molar-refractivity contribution is 7.87. The molecule has 0 aromatic heterocycles. The summed E-state index contributed by atoms with van der Waals surface area (Å²) in [6, 6.07) is 8.64. The third kappa shape index (κ3) is 3.35. The second-order valence-electron chi connectivity index (χ2n) is 9.49. The molecule has 2 aromatic carbocycles. The second-order valence-corrected chi connectivity index (χ2v) is 10.8. The minimum Gasteiger partial charge on any atom is -0.396 e. The van der Waals surface area contributed by atoms with Gasteiger partial charge in [0, 0.05) is 17.9 Å². The van der Waals surface area contributed by atoms with Gasteiger partial charge in [0.2, 0.25) is 5.91 Å². The number of anilines is 1. The number of amides is 1. The molecule has 1 saturated heterocycles. The van der Waals surface area contributed by atoms with Crippen LogP contribution in [0, 0.1) is 11.8 Å². The summed E-state index contributed by atoms with van der Waals surface area (Å²) in [7, 11) is -0.336. The van der Waals surface area contributed by atoms with Crippen molar-refractivity contribution in [1.82, 2.24) is 4.90 Å². The van der Waals surface area contributed by atoms with E-state index in [0.717, 1.165) is 22.0 Å². The lowest BCUT2D eigenvalue weighted by Gasteiger charge is -2.46. The Morgan fingerprint density at radius 2 is 2.00 bits per heavy atom. The van der Waals surface area contributed by atoms with Crippen molar-refractivity contribution in [2.24, 2.45) is 11.8 Å². The number of aliphatic hydroxyl groups excluding tert-OH is 2. The van der Waals surface area contributed by atoms with Gasteiger partial charge in [-0.05, 0) is 48.4 Å². The fourth-order valence-corrected chi connectivity index (χ4v) is 7.83. The van der Waals surface area contributed by atoms with Crippen molar-refractivity contribution in [3.8, 4) is 0 Å². The minimum atomic E-state index is -1.56. The summed E-state index contributed by atoms with van der Waals surface area (Å²) in [5.41, 5.74) is 2.50. The molecule has 2 N–H and O–H groups in total. The summed E-state index contributed by atoms with van der Waals surface area (Å²) < 4.78 is 15.8. The molecular weight excluding hydrogens is 484 g/mol. The van der Waals surface area contributed by atoms with E-state index in [4.69, 9.17) is 4.89 Å². The van der Waals surface area contributed by atoms with E-state index in [1.165, 1.54) is 12.0 Å². The molecule has 0 radical (unpaired) electrons. The van der Waals surface area contributed by atoms with Crippen molar-refractivity contribution >= 4 is 39.3 Å². The zero-order valence-electron chi connectivity index (χ0n) is 20.6. The molecule has 10 heteroatoms. The molecule has 9 nitrogen and oxygen atoms in total. The van der Waals surface area contributed by atoms with Crippen molar-refractivity contribution < 1.29 is 33.8 Å². The lowest BCUT2D eigenvalue weighted by Crippen LogP contribution is -2.63. The maximum Gasteiger partial charge on any atom is 0.389 e. The van der Waals surface area contributed by atoms with Gasteiger partial charge in [-0.25, -0.2) is 9.00 Å². The average molecular weight is 515 g/mol. The predicted molar refractivity (Wildman–Crippen MR) is 133 cm³/mol.